The number of carbonyl (C=O) groups is 1. The van der Waals surface area contributed by atoms with E-state index in [1.165, 1.54) is 7.11 Å². The predicted octanol–water partition coefficient (Wildman–Crippen LogP) is 2.71. The number of hydrogen-bond donors (Lipinski definition) is 1. The molecule has 1 aromatic carbocycles. The highest BCUT2D eigenvalue weighted by Crippen LogP contribution is 2.23. The summed E-state index contributed by atoms with van der Waals surface area (Å²) in [6, 6.07) is 7.04. The SMILES string of the molecule is CCCOc1ccc(NC(=O)C(C)(C)OC)cc1C#N. The van der Waals surface area contributed by atoms with Gasteiger partial charge in [-0.1, -0.05) is 6.92 Å². The van der Waals surface area contributed by atoms with Crippen LogP contribution in [0.3, 0.4) is 0 Å². The van der Waals surface area contributed by atoms with E-state index in [0.29, 0.717) is 23.6 Å². The molecule has 20 heavy (non-hydrogen) atoms. The van der Waals surface area contributed by atoms with E-state index in [0.717, 1.165) is 6.42 Å². The molecule has 1 rings (SSSR count). The normalized spacial score (nSPS) is 10.8. The molecule has 0 bridgehead atoms. The minimum absolute atomic E-state index is 0.272. The van der Waals surface area contributed by atoms with Crippen LogP contribution in [0.5, 0.6) is 5.75 Å². The molecule has 0 aliphatic heterocycles. The second-order valence-corrected chi connectivity index (χ2v) is 4.84. The summed E-state index contributed by atoms with van der Waals surface area (Å²) in [7, 11) is 1.47. The van der Waals surface area contributed by atoms with E-state index in [4.69, 9.17) is 14.7 Å². The Hall–Kier alpha value is -2.06. The number of carbonyl (C=O) groups excluding carboxylic acids is 1. The number of benzene rings is 1. The Balaban J connectivity index is 2.89. The second-order valence-electron chi connectivity index (χ2n) is 4.84. The minimum Gasteiger partial charge on any atom is -0.492 e. The van der Waals surface area contributed by atoms with E-state index in [-0.39, 0.29) is 5.91 Å². The van der Waals surface area contributed by atoms with Crippen LogP contribution in [0.2, 0.25) is 0 Å². The lowest BCUT2D eigenvalue weighted by Gasteiger charge is -2.21. The van der Waals surface area contributed by atoms with E-state index < -0.39 is 5.60 Å². The summed E-state index contributed by atoms with van der Waals surface area (Å²) in [5, 5.41) is 11.8. The van der Waals surface area contributed by atoms with Crippen LogP contribution >= 0.6 is 0 Å². The molecule has 0 aliphatic rings. The van der Waals surface area contributed by atoms with Crippen molar-refractivity contribution >= 4 is 11.6 Å². The zero-order chi connectivity index (χ0) is 15.2. The molecule has 5 nitrogen and oxygen atoms in total. The van der Waals surface area contributed by atoms with E-state index in [1.54, 1.807) is 32.0 Å². The predicted molar refractivity (Wildman–Crippen MR) is 76.7 cm³/mol. The van der Waals surface area contributed by atoms with Gasteiger partial charge in [0.1, 0.15) is 17.4 Å². The number of nitrogens with one attached hydrogen (secondary N) is 1. The summed E-state index contributed by atoms with van der Waals surface area (Å²) in [5.41, 5.74) is 0.0106. The van der Waals surface area contributed by atoms with Crippen LogP contribution in [0.4, 0.5) is 5.69 Å². The van der Waals surface area contributed by atoms with Gasteiger partial charge in [0.25, 0.3) is 5.91 Å². The van der Waals surface area contributed by atoms with Crippen LogP contribution in [-0.4, -0.2) is 25.2 Å². The molecule has 1 aromatic rings. The number of rotatable bonds is 6. The van der Waals surface area contributed by atoms with Gasteiger partial charge in [-0.25, -0.2) is 0 Å². The fourth-order valence-corrected chi connectivity index (χ4v) is 1.41. The van der Waals surface area contributed by atoms with E-state index in [9.17, 15) is 4.79 Å². The lowest BCUT2D eigenvalue weighted by atomic mass is 10.1. The van der Waals surface area contributed by atoms with Gasteiger partial charge >= 0.3 is 0 Å². The van der Waals surface area contributed by atoms with Crippen LogP contribution in [0, 0.1) is 11.3 Å². The van der Waals surface area contributed by atoms with Gasteiger partial charge in [-0.05, 0) is 38.5 Å². The van der Waals surface area contributed by atoms with Gasteiger partial charge in [0.2, 0.25) is 0 Å². The lowest BCUT2D eigenvalue weighted by molar-refractivity contribution is -0.133. The molecule has 1 N–H and O–H groups in total. The maximum atomic E-state index is 12.0. The van der Waals surface area contributed by atoms with Gasteiger partial charge in [0.15, 0.2) is 0 Å². The molecule has 0 aromatic heterocycles. The molecular formula is C15H20N2O3. The van der Waals surface area contributed by atoms with E-state index in [2.05, 4.69) is 11.4 Å². The molecule has 1 amide bonds. The minimum atomic E-state index is -0.926. The van der Waals surface area contributed by atoms with E-state index >= 15 is 0 Å². The van der Waals surface area contributed by atoms with Gasteiger partial charge < -0.3 is 14.8 Å². The Morgan fingerprint density at radius 2 is 2.15 bits per heavy atom. The lowest BCUT2D eigenvalue weighted by Crippen LogP contribution is -2.38. The summed E-state index contributed by atoms with van der Waals surface area (Å²) >= 11 is 0. The van der Waals surface area contributed by atoms with Crippen molar-refractivity contribution in [3.8, 4) is 11.8 Å². The largest absolute Gasteiger partial charge is 0.492 e. The molecule has 0 saturated heterocycles. The molecule has 0 saturated carbocycles. The van der Waals surface area contributed by atoms with Gasteiger partial charge in [0, 0.05) is 12.8 Å². The Morgan fingerprint density at radius 3 is 2.70 bits per heavy atom. The average molecular weight is 276 g/mol. The molecule has 0 atom stereocenters. The molecule has 0 unspecified atom stereocenters. The van der Waals surface area contributed by atoms with Gasteiger partial charge in [0.05, 0.1) is 12.2 Å². The van der Waals surface area contributed by atoms with Crippen LogP contribution in [0.1, 0.15) is 32.8 Å². The Bertz CT molecular complexity index is 518. The average Bonchev–Trinajstić information content (AvgIpc) is 2.45. The first-order chi connectivity index (χ1) is 9.44. The maximum absolute atomic E-state index is 12.0. The summed E-state index contributed by atoms with van der Waals surface area (Å²) in [6.07, 6.45) is 0.866. The Labute approximate surface area is 119 Å². The topological polar surface area (TPSA) is 71.3 Å². The molecule has 108 valence electrons. The molecular weight excluding hydrogens is 256 g/mol. The molecule has 5 heteroatoms. The van der Waals surface area contributed by atoms with Crippen LogP contribution in [-0.2, 0) is 9.53 Å². The molecule has 0 aliphatic carbocycles. The number of nitriles is 1. The number of anilines is 1. The summed E-state index contributed by atoms with van der Waals surface area (Å²) in [6.45, 7) is 5.89. The fraction of sp³-hybridized carbons (Fsp3) is 0.467. The highest BCUT2D eigenvalue weighted by Gasteiger charge is 2.27. The smallest absolute Gasteiger partial charge is 0.256 e. The molecule has 0 heterocycles. The molecule has 0 fully saturated rings. The van der Waals surface area contributed by atoms with Crippen molar-refractivity contribution in [2.45, 2.75) is 32.8 Å². The van der Waals surface area contributed by atoms with Crippen molar-refractivity contribution < 1.29 is 14.3 Å². The number of nitrogens with zero attached hydrogens (tertiary/aromatic N) is 1. The standard InChI is InChI=1S/C15H20N2O3/c1-5-8-20-13-7-6-12(9-11(13)10-16)17-14(18)15(2,3)19-4/h6-7,9H,5,8H2,1-4H3,(H,17,18). The third-order valence-corrected chi connectivity index (χ3v) is 2.88. The van der Waals surface area contributed by atoms with Crippen molar-refractivity contribution in [1.29, 1.82) is 5.26 Å². The van der Waals surface area contributed by atoms with Gasteiger partial charge in [-0.2, -0.15) is 5.26 Å². The second kappa shape index (κ2) is 6.92. The van der Waals surface area contributed by atoms with E-state index in [1.807, 2.05) is 6.92 Å². The maximum Gasteiger partial charge on any atom is 0.256 e. The number of amides is 1. The van der Waals surface area contributed by atoms with Crippen LogP contribution in [0.15, 0.2) is 18.2 Å². The highest BCUT2D eigenvalue weighted by atomic mass is 16.5. The van der Waals surface area contributed by atoms with Crippen molar-refractivity contribution in [3.63, 3.8) is 0 Å². The van der Waals surface area contributed by atoms with Gasteiger partial charge in [-0.15, -0.1) is 0 Å². The Kier molecular flexibility index (Phi) is 5.53. The van der Waals surface area contributed by atoms with Gasteiger partial charge in [-0.3, -0.25) is 4.79 Å². The first-order valence-electron chi connectivity index (χ1n) is 6.48. The number of hydrogen-bond acceptors (Lipinski definition) is 4. The third-order valence-electron chi connectivity index (χ3n) is 2.88. The van der Waals surface area contributed by atoms with Crippen LogP contribution in [0.25, 0.3) is 0 Å². The number of methoxy groups -OCH3 is 1. The highest BCUT2D eigenvalue weighted by molar-refractivity contribution is 5.96. The monoisotopic (exact) mass is 276 g/mol. The Morgan fingerprint density at radius 1 is 1.45 bits per heavy atom. The number of ether oxygens (including phenoxy) is 2. The molecule has 0 spiro atoms. The summed E-state index contributed by atoms with van der Waals surface area (Å²) in [4.78, 5) is 12.0. The quantitative estimate of drug-likeness (QED) is 0.867. The van der Waals surface area contributed by atoms with Crippen molar-refractivity contribution in [2.24, 2.45) is 0 Å². The fourth-order valence-electron chi connectivity index (χ4n) is 1.41. The van der Waals surface area contributed by atoms with Crippen LogP contribution < -0.4 is 10.1 Å². The first-order valence-corrected chi connectivity index (χ1v) is 6.48. The van der Waals surface area contributed by atoms with Crippen molar-refractivity contribution in [2.75, 3.05) is 19.0 Å². The third kappa shape index (κ3) is 3.97. The summed E-state index contributed by atoms with van der Waals surface area (Å²) < 4.78 is 10.6. The zero-order valence-corrected chi connectivity index (χ0v) is 12.3. The summed E-state index contributed by atoms with van der Waals surface area (Å²) in [5.74, 6) is 0.254. The van der Waals surface area contributed by atoms with Crippen molar-refractivity contribution in [1.82, 2.24) is 0 Å². The molecule has 0 radical (unpaired) electrons. The van der Waals surface area contributed by atoms with Crippen molar-refractivity contribution in [3.05, 3.63) is 23.8 Å². The first kappa shape index (κ1) is 16.0. The zero-order valence-electron chi connectivity index (χ0n) is 12.3.